The van der Waals surface area contributed by atoms with Crippen molar-refractivity contribution in [2.45, 2.75) is 23.2 Å². The number of thioether (sulfide) groups is 1. The lowest BCUT2D eigenvalue weighted by molar-refractivity contribution is 0.0273. The Labute approximate surface area is 154 Å². The molecule has 0 spiro atoms. The highest BCUT2D eigenvalue weighted by Crippen LogP contribution is 2.42. The maximum atomic E-state index is 6.05. The molecule has 1 N–H and O–H groups in total. The second-order valence-electron chi connectivity index (χ2n) is 5.71. The molecule has 1 saturated heterocycles. The molecule has 2 atom stereocenters. The molecule has 1 aliphatic rings. The van der Waals surface area contributed by atoms with E-state index in [1.54, 1.807) is 7.11 Å². The number of aryl methyl sites for hydroxylation is 1. The average molecular weight is 366 g/mol. The zero-order valence-electron chi connectivity index (χ0n) is 14.0. The Bertz CT molecular complexity index is 630. The van der Waals surface area contributed by atoms with E-state index in [1.165, 1.54) is 11.1 Å². The van der Waals surface area contributed by atoms with E-state index in [4.69, 9.17) is 9.47 Å². The monoisotopic (exact) mass is 365 g/mol. The van der Waals surface area contributed by atoms with Gasteiger partial charge >= 0.3 is 0 Å². The summed E-state index contributed by atoms with van der Waals surface area (Å²) in [6.07, 6.45) is 0.154. The van der Waals surface area contributed by atoms with E-state index in [0.717, 1.165) is 30.3 Å². The quantitative estimate of drug-likeness (QED) is 0.802. The highest BCUT2D eigenvalue weighted by atomic mass is 35.5. The summed E-state index contributed by atoms with van der Waals surface area (Å²) >= 11 is 1.82. The minimum Gasteiger partial charge on any atom is -0.496 e. The molecule has 2 aromatic carbocycles. The molecule has 0 amide bonds. The van der Waals surface area contributed by atoms with E-state index in [9.17, 15) is 0 Å². The Hall–Kier alpha value is -1.20. The van der Waals surface area contributed by atoms with Crippen LogP contribution in [0.4, 0.5) is 0 Å². The molecule has 130 valence electrons. The van der Waals surface area contributed by atoms with Crippen molar-refractivity contribution in [1.82, 2.24) is 5.32 Å². The van der Waals surface area contributed by atoms with E-state index in [0.29, 0.717) is 0 Å². The lowest BCUT2D eigenvalue weighted by Crippen LogP contribution is -2.41. The minimum absolute atomic E-state index is 0. The van der Waals surface area contributed by atoms with Gasteiger partial charge < -0.3 is 14.8 Å². The van der Waals surface area contributed by atoms with Gasteiger partial charge in [-0.15, -0.1) is 24.2 Å². The van der Waals surface area contributed by atoms with Gasteiger partial charge in [-0.25, -0.2) is 0 Å². The van der Waals surface area contributed by atoms with Crippen molar-refractivity contribution in [2.75, 3.05) is 26.8 Å². The van der Waals surface area contributed by atoms with E-state index in [1.807, 2.05) is 23.9 Å². The van der Waals surface area contributed by atoms with E-state index in [2.05, 4.69) is 48.6 Å². The number of para-hydroxylation sites is 1. The first kappa shape index (κ1) is 19.1. The molecule has 3 rings (SSSR count). The van der Waals surface area contributed by atoms with Gasteiger partial charge in [0.15, 0.2) is 0 Å². The van der Waals surface area contributed by atoms with Crippen LogP contribution in [0, 0.1) is 6.92 Å². The van der Waals surface area contributed by atoms with Gasteiger partial charge in [-0.3, -0.25) is 0 Å². The molecule has 2 aromatic rings. The molecule has 3 nitrogen and oxygen atoms in total. The maximum absolute atomic E-state index is 6.05. The average Bonchev–Trinajstić information content (AvgIpc) is 2.61. The van der Waals surface area contributed by atoms with Crippen LogP contribution in [0.1, 0.15) is 16.4 Å². The van der Waals surface area contributed by atoms with Gasteiger partial charge in [0.1, 0.15) is 5.75 Å². The molecule has 1 heterocycles. The fourth-order valence-corrected chi connectivity index (χ4v) is 4.07. The number of methoxy groups -OCH3 is 1. The van der Waals surface area contributed by atoms with E-state index < -0.39 is 0 Å². The van der Waals surface area contributed by atoms with Gasteiger partial charge in [0.25, 0.3) is 0 Å². The van der Waals surface area contributed by atoms with Crippen LogP contribution in [0.2, 0.25) is 0 Å². The number of hydrogen-bond donors (Lipinski definition) is 1. The normalized spacial score (nSPS) is 18.5. The number of rotatable bonds is 5. The third kappa shape index (κ3) is 4.67. The van der Waals surface area contributed by atoms with Crippen LogP contribution in [0.5, 0.6) is 5.75 Å². The van der Waals surface area contributed by atoms with Crippen LogP contribution < -0.4 is 10.1 Å². The summed E-state index contributed by atoms with van der Waals surface area (Å²) in [5.41, 5.74) is 2.57. The first-order valence-corrected chi connectivity index (χ1v) is 8.84. The van der Waals surface area contributed by atoms with Crippen LogP contribution in [0.15, 0.2) is 53.4 Å². The molecule has 1 fully saturated rings. The van der Waals surface area contributed by atoms with Crippen molar-refractivity contribution in [3.63, 3.8) is 0 Å². The highest BCUT2D eigenvalue weighted by molar-refractivity contribution is 7.99. The molecule has 1 aliphatic heterocycles. The Kier molecular flexibility index (Phi) is 7.43. The number of hydrogen-bond acceptors (Lipinski definition) is 4. The van der Waals surface area contributed by atoms with Gasteiger partial charge in [-0.2, -0.15) is 0 Å². The Morgan fingerprint density at radius 3 is 2.58 bits per heavy atom. The number of benzene rings is 2. The van der Waals surface area contributed by atoms with Crippen molar-refractivity contribution in [3.05, 3.63) is 59.7 Å². The lowest BCUT2D eigenvalue weighted by atomic mass is 10.0. The summed E-state index contributed by atoms with van der Waals surface area (Å²) in [5.74, 6) is 0.915. The third-order valence-electron chi connectivity index (χ3n) is 4.02. The van der Waals surface area contributed by atoms with Gasteiger partial charge in [-0.1, -0.05) is 42.0 Å². The summed E-state index contributed by atoms with van der Waals surface area (Å²) in [6, 6.07) is 16.9. The molecular formula is C19H24ClNO2S. The summed E-state index contributed by atoms with van der Waals surface area (Å²) in [4.78, 5) is 1.15. The van der Waals surface area contributed by atoms with Gasteiger partial charge in [0, 0.05) is 13.1 Å². The van der Waals surface area contributed by atoms with Crippen molar-refractivity contribution >= 4 is 24.2 Å². The van der Waals surface area contributed by atoms with Crippen molar-refractivity contribution in [1.29, 1.82) is 0 Å². The zero-order chi connectivity index (χ0) is 16.1. The third-order valence-corrected chi connectivity index (χ3v) is 5.44. The molecule has 24 heavy (non-hydrogen) atoms. The molecule has 0 aromatic heterocycles. The van der Waals surface area contributed by atoms with Crippen molar-refractivity contribution in [3.8, 4) is 5.75 Å². The number of nitrogens with one attached hydrogen (secondary N) is 1. The summed E-state index contributed by atoms with van der Waals surface area (Å²) in [6.45, 7) is 4.68. The topological polar surface area (TPSA) is 30.5 Å². The zero-order valence-corrected chi connectivity index (χ0v) is 15.7. The Morgan fingerprint density at radius 2 is 1.92 bits per heavy atom. The van der Waals surface area contributed by atoms with E-state index >= 15 is 0 Å². The summed E-state index contributed by atoms with van der Waals surface area (Å²) in [7, 11) is 1.72. The first-order valence-electron chi connectivity index (χ1n) is 7.96. The van der Waals surface area contributed by atoms with Crippen LogP contribution >= 0.6 is 24.2 Å². The van der Waals surface area contributed by atoms with Gasteiger partial charge in [-0.05, 0) is 24.6 Å². The summed E-state index contributed by atoms with van der Waals surface area (Å²) in [5, 5.41) is 3.68. The van der Waals surface area contributed by atoms with Gasteiger partial charge in [0.05, 0.1) is 30.0 Å². The first-order chi connectivity index (χ1) is 11.3. The summed E-state index contributed by atoms with van der Waals surface area (Å²) < 4.78 is 11.6. The molecular weight excluding hydrogens is 342 g/mol. The van der Waals surface area contributed by atoms with Crippen LogP contribution in [0.25, 0.3) is 0 Å². The molecule has 0 aliphatic carbocycles. The van der Waals surface area contributed by atoms with Crippen molar-refractivity contribution < 1.29 is 9.47 Å². The molecule has 0 radical (unpaired) electrons. The second kappa shape index (κ2) is 9.33. The largest absolute Gasteiger partial charge is 0.496 e. The van der Waals surface area contributed by atoms with Crippen LogP contribution in [-0.2, 0) is 4.74 Å². The Morgan fingerprint density at radius 1 is 1.17 bits per heavy atom. The second-order valence-corrected chi connectivity index (χ2v) is 6.90. The molecule has 0 saturated carbocycles. The number of morpholine rings is 1. The molecule has 0 unspecified atom stereocenters. The number of ether oxygens (including phenoxy) is 2. The maximum Gasteiger partial charge on any atom is 0.132 e. The van der Waals surface area contributed by atoms with Crippen LogP contribution in [-0.4, -0.2) is 32.9 Å². The highest BCUT2D eigenvalue weighted by Gasteiger charge is 2.27. The van der Waals surface area contributed by atoms with Gasteiger partial charge in [0.2, 0.25) is 0 Å². The standard InChI is InChI=1S/C19H23NO2S.ClH/c1-14-7-9-15(10-8-14)19(17-13-20-11-12-22-17)23-18-6-4-3-5-16(18)21-2;/h3-10,17,19-20H,11-13H2,1-2H3;1H/t17-,19-;/m1./s1. The molecule has 0 bridgehead atoms. The number of halogens is 1. The lowest BCUT2D eigenvalue weighted by Gasteiger charge is -2.31. The van der Waals surface area contributed by atoms with Crippen LogP contribution in [0.3, 0.4) is 0 Å². The predicted octanol–water partition coefficient (Wildman–Crippen LogP) is 4.25. The SMILES string of the molecule is COc1ccccc1S[C@H](c1ccc(C)cc1)[C@H]1CNCCO1.Cl. The smallest absolute Gasteiger partial charge is 0.132 e. The Balaban J connectivity index is 0.00000208. The van der Waals surface area contributed by atoms with E-state index in [-0.39, 0.29) is 23.8 Å². The van der Waals surface area contributed by atoms with Crippen molar-refractivity contribution in [2.24, 2.45) is 0 Å². The molecule has 5 heteroatoms. The predicted molar refractivity (Wildman–Crippen MR) is 103 cm³/mol. The fraction of sp³-hybridized carbons (Fsp3) is 0.368. The fourth-order valence-electron chi connectivity index (χ4n) is 2.75. The minimum atomic E-state index is 0.